The Morgan fingerprint density at radius 3 is 2.27 bits per heavy atom. The standard InChI is InChI=1S/C33H39BrN6O9.2ClH/c1-33(31(43)48-5)29(41)24-19-14-18(34)16-40(30(42)20-12-17-13-23(45-2)27(46-3)28(47-4)25(17)36-20)21(19)15-22(26(24)37-33)49-32(44)39-10-8-38(7-6-35)9-11-39;;/h12-13,15,18,36-37H,6-11,14,16,35H2,1-5H3;2*1H. The maximum atomic E-state index is 14.4. The zero-order valence-corrected chi connectivity index (χ0v) is 32.0. The second kappa shape index (κ2) is 15.7. The molecule has 18 heteroatoms. The average molecular weight is 817 g/mol. The van der Waals surface area contributed by atoms with Gasteiger partial charge in [0.25, 0.3) is 5.91 Å². The molecule has 0 aliphatic carbocycles. The summed E-state index contributed by atoms with van der Waals surface area (Å²) < 4.78 is 27.6. The molecule has 4 heterocycles. The molecule has 2 amide bonds. The van der Waals surface area contributed by atoms with Crippen molar-refractivity contribution in [1.82, 2.24) is 14.8 Å². The second-order valence-electron chi connectivity index (χ2n) is 12.2. The number of hydrogen-bond donors (Lipinski definition) is 3. The lowest BCUT2D eigenvalue weighted by molar-refractivity contribution is -0.143. The molecule has 2 unspecified atom stereocenters. The first-order valence-electron chi connectivity index (χ1n) is 15.8. The van der Waals surface area contributed by atoms with Gasteiger partial charge in [0.05, 0.1) is 50.9 Å². The van der Waals surface area contributed by atoms with Gasteiger partial charge in [0.2, 0.25) is 11.5 Å². The van der Waals surface area contributed by atoms with Crippen LogP contribution in [-0.4, -0.2) is 123 Å². The third-order valence-corrected chi connectivity index (χ3v) is 9.90. The lowest BCUT2D eigenvalue weighted by Gasteiger charge is -2.35. The molecule has 3 aromatic rings. The number of ketones is 1. The number of alkyl halides is 1. The van der Waals surface area contributed by atoms with Crippen molar-refractivity contribution in [3.63, 3.8) is 0 Å². The SMILES string of the molecule is COC(=O)C1(C)Nc2c(OC(=O)N3CCN(CCN)CC3)cc3c(c2C1=O)CC(Br)CN3C(=O)c1cc2cc(OC)c(OC)c(OC)c2[nH]1.Cl.Cl. The normalized spacial score (nSPS) is 19.6. The van der Waals surface area contributed by atoms with E-state index < -0.39 is 29.3 Å². The van der Waals surface area contributed by atoms with E-state index in [0.29, 0.717) is 78.5 Å². The van der Waals surface area contributed by atoms with Crippen molar-refractivity contribution in [2.75, 3.05) is 84.5 Å². The van der Waals surface area contributed by atoms with Crippen LogP contribution in [0.4, 0.5) is 16.2 Å². The summed E-state index contributed by atoms with van der Waals surface area (Å²) in [5, 5.41) is 3.65. The average Bonchev–Trinajstić information content (AvgIpc) is 3.65. The van der Waals surface area contributed by atoms with Gasteiger partial charge >= 0.3 is 12.1 Å². The Kier molecular flexibility index (Phi) is 12.3. The number of benzene rings is 2. The van der Waals surface area contributed by atoms with Crippen LogP contribution in [0.2, 0.25) is 0 Å². The predicted octanol–water partition coefficient (Wildman–Crippen LogP) is 3.62. The monoisotopic (exact) mass is 814 g/mol. The van der Waals surface area contributed by atoms with Crippen LogP contribution in [0.15, 0.2) is 18.2 Å². The summed E-state index contributed by atoms with van der Waals surface area (Å²) in [6, 6.07) is 4.99. The maximum absolute atomic E-state index is 14.4. The van der Waals surface area contributed by atoms with Gasteiger partial charge in [-0.25, -0.2) is 9.59 Å². The number of aromatic amines is 1. The van der Waals surface area contributed by atoms with Crippen molar-refractivity contribution in [2.45, 2.75) is 23.7 Å². The van der Waals surface area contributed by atoms with E-state index in [1.54, 1.807) is 23.1 Å². The Labute approximate surface area is 315 Å². The molecular formula is C33H41BrCl2N6O9. The Morgan fingerprint density at radius 2 is 1.67 bits per heavy atom. The predicted molar refractivity (Wildman–Crippen MR) is 198 cm³/mol. The molecule has 2 aromatic carbocycles. The van der Waals surface area contributed by atoms with Gasteiger partial charge < -0.3 is 49.5 Å². The highest BCUT2D eigenvalue weighted by Gasteiger charge is 2.52. The van der Waals surface area contributed by atoms with Crippen molar-refractivity contribution >= 4 is 86.8 Å². The first-order valence-corrected chi connectivity index (χ1v) is 16.7. The maximum Gasteiger partial charge on any atom is 0.415 e. The van der Waals surface area contributed by atoms with Crippen LogP contribution < -0.4 is 34.9 Å². The fraction of sp³-hybridized carbons (Fsp3) is 0.455. The molecule has 278 valence electrons. The molecule has 6 rings (SSSR count). The van der Waals surface area contributed by atoms with E-state index in [1.165, 1.54) is 40.3 Å². The number of methoxy groups -OCH3 is 4. The minimum absolute atomic E-state index is 0. The third kappa shape index (κ3) is 6.87. The van der Waals surface area contributed by atoms with E-state index in [1.807, 2.05) is 0 Å². The zero-order valence-electron chi connectivity index (χ0n) is 28.8. The van der Waals surface area contributed by atoms with Crippen molar-refractivity contribution in [1.29, 1.82) is 0 Å². The van der Waals surface area contributed by atoms with Crippen molar-refractivity contribution in [3.05, 3.63) is 35.0 Å². The Balaban J connectivity index is 0.00000292. The summed E-state index contributed by atoms with van der Waals surface area (Å²) in [6.45, 7) is 5.01. The Hall–Kier alpha value is -3.96. The molecule has 0 spiro atoms. The van der Waals surface area contributed by atoms with Crippen LogP contribution >= 0.6 is 40.7 Å². The van der Waals surface area contributed by atoms with Crippen molar-refractivity contribution in [2.24, 2.45) is 5.73 Å². The molecule has 0 bridgehead atoms. The minimum atomic E-state index is -1.78. The van der Waals surface area contributed by atoms with Crippen LogP contribution in [0, 0.1) is 0 Å². The summed E-state index contributed by atoms with van der Waals surface area (Å²) in [5.41, 5.74) is 5.93. The van der Waals surface area contributed by atoms with Crippen LogP contribution in [0.1, 0.15) is 33.3 Å². The molecule has 3 aliphatic heterocycles. The first kappa shape index (κ1) is 39.8. The quantitative estimate of drug-likeness (QED) is 0.171. The number of aromatic nitrogens is 1. The molecule has 4 N–H and O–H groups in total. The number of H-pyrrole nitrogens is 1. The number of nitrogens with two attached hydrogens (primary N) is 1. The minimum Gasteiger partial charge on any atom is -0.493 e. The summed E-state index contributed by atoms with van der Waals surface area (Å²) in [6.07, 6.45) is -0.258. The van der Waals surface area contributed by atoms with E-state index >= 15 is 0 Å². The van der Waals surface area contributed by atoms with Crippen LogP contribution in [-0.2, 0) is 16.0 Å². The number of hydrogen-bond acceptors (Lipinski definition) is 12. The van der Waals surface area contributed by atoms with Crippen LogP contribution in [0.25, 0.3) is 10.9 Å². The Morgan fingerprint density at radius 1 is 0.980 bits per heavy atom. The number of Topliss-reactive ketones (excluding diaryl/α,β-unsaturated/α-hetero) is 1. The summed E-state index contributed by atoms with van der Waals surface area (Å²) in [4.78, 5) is 63.1. The Bertz CT molecular complexity index is 1850. The fourth-order valence-electron chi connectivity index (χ4n) is 6.77. The molecule has 1 saturated heterocycles. The van der Waals surface area contributed by atoms with Gasteiger partial charge in [-0.3, -0.25) is 14.5 Å². The van der Waals surface area contributed by atoms with Gasteiger partial charge in [-0.2, -0.15) is 0 Å². The number of halogens is 3. The molecule has 15 nitrogen and oxygen atoms in total. The molecule has 1 aromatic heterocycles. The summed E-state index contributed by atoms with van der Waals surface area (Å²) in [7, 11) is 5.69. The topological polar surface area (TPSA) is 178 Å². The smallest absolute Gasteiger partial charge is 0.415 e. The fourth-order valence-corrected chi connectivity index (χ4v) is 7.38. The zero-order chi connectivity index (χ0) is 35.2. The molecule has 3 aliphatic rings. The summed E-state index contributed by atoms with van der Waals surface area (Å²) in [5.74, 6) is -0.592. The molecule has 51 heavy (non-hydrogen) atoms. The molecular weight excluding hydrogens is 775 g/mol. The van der Waals surface area contributed by atoms with E-state index in [0.717, 1.165) is 6.54 Å². The van der Waals surface area contributed by atoms with E-state index in [9.17, 15) is 19.2 Å². The number of amides is 2. The second-order valence-corrected chi connectivity index (χ2v) is 13.5. The highest BCUT2D eigenvalue weighted by atomic mass is 79.9. The number of fused-ring (bicyclic) bond motifs is 4. The number of carbonyl (C=O) groups is 4. The van der Waals surface area contributed by atoms with E-state index in [-0.39, 0.29) is 58.9 Å². The van der Waals surface area contributed by atoms with E-state index in [4.69, 9.17) is 29.4 Å². The number of piperazine rings is 1. The van der Waals surface area contributed by atoms with Crippen LogP contribution in [0.3, 0.4) is 0 Å². The van der Waals surface area contributed by atoms with Gasteiger partial charge in [0.15, 0.2) is 22.8 Å². The largest absolute Gasteiger partial charge is 0.493 e. The molecule has 0 radical (unpaired) electrons. The lowest BCUT2D eigenvalue weighted by atomic mass is 9.88. The lowest BCUT2D eigenvalue weighted by Crippen LogP contribution is -2.50. The highest BCUT2D eigenvalue weighted by Crippen LogP contribution is 2.49. The van der Waals surface area contributed by atoms with Gasteiger partial charge in [-0.05, 0) is 31.0 Å². The van der Waals surface area contributed by atoms with Gasteiger partial charge in [-0.15, -0.1) is 24.8 Å². The number of anilines is 2. The number of carbonyl (C=O) groups excluding carboxylic acids is 4. The van der Waals surface area contributed by atoms with E-state index in [2.05, 4.69) is 31.1 Å². The molecule has 0 saturated carbocycles. The van der Waals surface area contributed by atoms with Gasteiger partial charge in [0.1, 0.15) is 5.69 Å². The number of nitrogens with one attached hydrogen (secondary N) is 2. The summed E-state index contributed by atoms with van der Waals surface area (Å²) >= 11 is 3.68. The molecule has 1 fully saturated rings. The van der Waals surface area contributed by atoms with Gasteiger partial charge in [-0.1, -0.05) is 15.9 Å². The number of rotatable bonds is 8. The number of esters is 1. The molecule has 2 atom stereocenters. The third-order valence-electron chi connectivity index (χ3n) is 9.29. The van der Waals surface area contributed by atoms with Crippen molar-refractivity contribution in [3.8, 4) is 23.0 Å². The van der Waals surface area contributed by atoms with Crippen molar-refractivity contribution < 1.29 is 42.9 Å². The number of nitrogens with zero attached hydrogens (tertiary/aromatic N) is 3. The van der Waals surface area contributed by atoms with Gasteiger partial charge in [0, 0.05) is 62.1 Å². The highest BCUT2D eigenvalue weighted by molar-refractivity contribution is 9.09. The first-order chi connectivity index (χ1) is 23.5. The van der Waals surface area contributed by atoms with Crippen LogP contribution in [0.5, 0.6) is 23.0 Å². The number of ether oxygens (including phenoxy) is 5.